The Morgan fingerprint density at radius 3 is 1.80 bits per heavy atom. The Bertz CT molecular complexity index is 2390. The van der Waals surface area contributed by atoms with Gasteiger partial charge in [0.25, 0.3) is 5.91 Å². The fraction of sp³-hybridized carbons (Fsp3) is 0.0857. The molecule has 1 aliphatic rings. The number of hydrogen-bond acceptors (Lipinski definition) is 7. The minimum atomic E-state index is -1.15. The highest BCUT2D eigenvalue weighted by atomic mass is 19.1. The van der Waals surface area contributed by atoms with Crippen LogP contribution in [0.2, 0.25) is 0 Å². The third-order valence-electron chi connectivity index (χ3n) is 7.93. The Labute approximate surface area is 279 Å². The van der Waals surface area contributed by atoms with Crippen molar-refractivity contribution in [2.24, 2.45) is 0 Å². The Hall–Kier alpha value is -6.64. The van der Waals surface area contributed by atoms with Crippen molar-refractivity contribution in [2.45, 2.75) is 12.5 Å². The maximum Gasteiger partial charge on any atom is 0.337 e. The van der Waals surface area contributed by atoms with Gasteiger partial charge in [-0.3, -0.25) is 4.79 Å². The summed E-state index contributed by atoms with van der Waals surface area (Å²) in [5, 5.41) is 19.9. The number of amides is 1. The molecular weight excluding hydrogens is 658 g/mol. The van der Waals surface area contributed by atoms with Crippen molar-refractivity contribution in [3.05, 3.63) is 138 Å². The molecular formula is C35H23F4N7O4. The zero-order chi connectivity index (χ0) is 34.9. The number of carbonyl (C=O) groups is 2. The van der Waals surface area contributed by atoms with E-state index in [2.05, 4.69) is 25.5 Å². The minimum absolute atomic E-state index is 0.0522. The summed E-state index contributed by atoms with van der Waals surface area (Å²) in [6.07, 6.45) is 5.69. The number of carboxylic acid groups (broad SMARTS) is 1. The van der Waals surface area contributed by atoms with E-state index in [9.17, 15) is 27.2 Å². The summed E-state index contributed by atoms with van der Waals surface area (Å²) >= 11 is 0. The molecule has 7 aromatic rings. The lowest BCUT2D eigenvalue weighted by Crippen LogP contribution is -2.32. The zero-order valence-electron chi connectivity index (χ0n) is 25.6. The Kier molecular flexibility index (Phi) is 8.37. The van der Waals surface area contributed by atoms with E-state index >= 15 is 0 Å². The van der Waals surface area contributed by atoms with Crippen molar-refractivity contribution < 1.29 is 37.0 Å². The SMILES string of the molecule is O=C(N[C@H]1CCOc2ccccc21)c1cnn2c(-c3c(F)cccc3F)cnc2c1.O=C(O)c1cnn2c(-c3c(F)cccc3F)cnc2c1. The van der Waals surface area contributed by atoms with Crippen molar-refractivity contribution >= 4 is 23.2 Å². The molecule has 250 valence electrons. The molecule has 0 radical (unpaired) electrons. The van der Waals surface area contributed by atoms with Crippen LogP contribution in [-0.2, 0) is 0 Å². The number of benzene rings is 3. The lowest BCUT2D eigenvalue weighted by molar-refractivity contribution is 0.0696. The Morgan fingerprint density at radius 2 is 1.24 bits per heavy atom. The van der Waals surface area contributed by atoms with Crippen LogP contribution in [0.25, 0.3) is 33.8 Å². The van der Waals surface area contributed by atoms with E-state index in [-0.39, 0.29) is 45.7 Å². The number of fused-ring (bicyclic) bond motifs is 3. The Morgan fingerprint density at radius 1 is 0.720 bits per heavy atom. The first-order valence-electron chi connectivity index (χ1n) is 15.0. The summed E-state index contributed by atoms with van der Waals surface area (Å²) in [4.78, 5) is 31.7. The number of hydrogen-bond donors (Lipinski definition) is 2. The van der Waals surface area contributed by atoms with Gasteiger partial charge in [-0.15, -0.1) is 0 Å². The normalized spacial score (nSPS) is 13.6. The van der Waals surface area contributed by atoms with Crippen molar-refractivity contribution in [3.8, 4) is 28.3 Å². The second-order valence-corrected chi connectivity index (χ2v) is 11.0. The first kappa shape index (κ1) is 31.9. The summed E-state index contributed by atoms with van der Waals surface area (Å²) in [6.45, 7) is 0.511. The molecule has 0 spiro atoms. The van der Waals surface area contributed by atoms with Gasteiger partial charge in [0.15, 0.2) is 11.3 Å². The maximum absolute atomic E-state index is 14.1. The average Bonchev–Trinajstić information content (AvgIpc) is 3.72. The van der Waals surface area contributed by atoms with E-state index in [1.54, 1.807) is 0 Å². The molecule has 1 aliphatic heterocycles. The molecule has 4 aromatic heterocycles. The molecule has 3 aromatic carbocycles. The number of imidazole rings is 2. The van der Waals surface area contributed by atoms with Gasteiger partial charge in [-0.25, -0.2) is 41.4 Å². The van der Waals surface area contributed by atoms with Gasteiger partial charge in [-0.05, 0) is 42.5 Å². The van der Waals surface area contributed by atoms with E-state index < -0.39 is 29.2 Å². The van der Waals surface area contributed by atoms with Crippen LogP contribution in [0.3, 0.4) is 0 Å². The lowest BCUT2D eigenvalue weighted by Gasteiger charge is -2.26. The number of nitrogens with zero attached hydrogens (tertiary/aromatic N) is 6. The maximum atomic E-state index is 14.1. The molecule has 50 heavy (non-hydrogen) atoms. The second-order valence-electron chi connectivity index (χ2n) is 11.0. The number of aromatic nitrogens is 6. The quantitative estimate of drug-likeness (QED) is 0.202. The van der Waals surface area contributed by atoms with Gasteiger partial charge in [-0.1, -0.05) is 30.3 Å². The van der Waals surface area contributed by atoms with E-state index in [0.29, 0.717) is 24.2 Å². The number of ether oxygens (including phenoxy) is 1. The summed E-state index contributed by atoms with van der Waals surface area (Å²) < 4.78 is 63.9. The molecule has 1 atom stereocenters. The number of carbonyl (C=O) groups excluding carboxylic acids is 1. The van der Waals surface area contributed by atoms with Gasteiger partial charge in [-0.2, -0.15) is 10.2 Å². The third kappa shape index (κ3) is 5.96. The summed E-state index contributed by atoms with van der Waals surface area (Å²) in [7, 11) is 0. The second kappa shape index (κ2) is 13.1. The number of halogens is 4. The minimum Gasteiger partial charge on any atom is -0.493 e. The number of para-hydroxylation sites is 1. The average molecular weight is 682 g/mol. The first-order valence-corrected chi connectivity index (χ1v) is 15.0. The zero-order valence-corrected chi connectivity index (χ0v) is 25.6. The van der Waals surface area contributed by atoms with Crippen LogP contribution < -0.4 is 10.1 Å². The molecule has 0 unspecified atom stereocenters. The molecule has 1 amide bonds. The van der Waals surface area contributed by atoms with Crippen LogP contribution in [0.15, 0.2) is 97.6 Å². The van der Waals surface area contributed by atoms with Gasteiger partial charge < -0.3 is 15.2 Å². The van der Waals surface area contributed by atoms with Crippen molar-refractivity contribution in [3.63, 3.8) is 0 Å². The van der Waals surface area contributed by atoms with Crippen LogP contribution in [-0.4, -0.2) is 52.8 Å². The Balaban J connectivity index is 0.000000170. The molecule has 0 bridgehead atoms. The van der Waals surface area contributed by atoms with Gasteiger partial charge in [0, 0.05) is 12.0 Å². The third-order valence-corrected chi connectivity index (χ3v) is 7.93. The van der Waals surface area contributed by atoms with Crippen LogP contribution in [0.5, 0.6) is 5.75 Å². The molecule has 11 nitrogen and oxygen atoms in total. The van der Waals surface area contributed by atoms with Crippen LogP contribution in [0.1, 0.15) is 38.7 Å². The molecule has 0 saturated carbocycles. The van der Waals surface area contributed by atoms with E-state index in [4.69, 9.17) is 9.84 Å². The molecule has 0 aliphatic carbocycles. The number of rotatable bonds is 5. The van der Waals surface area contributed by atoms with Crippen molar-refractivity contribution in [2.75, 3.05) is 6.61 Å². The molecule has 0 saturated heterocycles. The monoisotopic (exact) mass is 681 g/mol. The van der Waals surface area contributed by atoms with Crippen LogP contribution in [0.4, 0.5) is 17.6 Å². The molecule has 2 N–H and O–H groups in total. The highest BCUT2D eigenvalue weighted by Crippen LogP contribution is 2.32. The van der Waals surface area contributed by atoms with Gasteiger partial charge >= 0.3 is 5.97 Å². The highest BCUT2D eigenvalue weighted by Gasteiger charge is 2.24. The van der Waals surface area contributed by atoms with Gasteiger partial charge in [0.1, 0.15) is 29.0 Å². The summed E-state index contributed by atoms with van der Waals surface area (Å²) in [5.74, 6) is -3.61. The number of aromatic carboxylic acids is 1. The van der Waals surface area contributed by atoms with Gasteiger partial charge in [0.2, 0.25) is 0 Å². The fourth-order valence-corrected chi connectivity index (χ4v) is 5.55. The molecule has 8 rings (SSSR count). The molecule has 5 heterocycles. The van der Waals surface area contributed by atoms with E-state index in [0.717, 1.165) is 29.6 Å². The summed E-state index contributed by atoms with van der Waals surface area (Å²) in [5.41, 5.74) is 1.50. The fourth-order valence-electron chi connectivity index (χ4n) is 5.55. The number of nitrogens with one attached hydrogen (secondary N) is 1. The van der Waals surface area contributed by atoms with E-state index in [1.165, 1.54) is 64.0 Å². The highest BCUT2D eigenvalue weighted by molar-refractivity contribution is 5.95. The van der Waals surface area contributed by atoms with E-state index in [1.807, 2.05) is 24.3 Å². The predicted molar refractivity (Wildman–Crippen MR) is 170 cm³/mol. The largest absolute Gasteiger partial charge is 0.493 e. The van der Waals surface area contributed by atoms with Crippen LogP contribution in [0, 0.1) is 23.3 Å². The van der Waals surface area contributed by atoms with Crippen LogP contribution >= 0.6 is 0 Å². The van der Waals surface area contributed by atoms with Gasteiger partial charge in [0.05, 0.1) is 71.1 Å². The number of carboxylic acids is 1. The van der Waals surface area contributed by atoms with Crippen molar-refractivity contribution in [1.82, 2.24) is 34.5 Å². The van der Waals surface area contributed by atoms with Crippen molar-refractivity contribution in [1.29, 1.82) is 0 Å². The topological polar surface area (TPSA) is 136 Å². The summed E-state index contributed by atoms with van der Waals surface area (Å²) in [6, 6.07) is 17.4. The first-order chi connectivity index (χ1) is 24.2. The predicted octanol–water partition coefficient (Wildman–Crippen LogP) is 6.30. The standard InChI is InChI=1S/C22H16F2N4O2.C13H7F2N3O2/c23-15-5-3-6-16(24)21(15)18-12-25-20-10-13(11-26-28(18)20)22(29)27-17-8-9-30-19-7-2-1-4-14(17)19;14-8-2-1-3-9(15)12(8)10-6-16-11-4-7(13(19)20)5-17-18(10)11/h1-7,10-12,17H,8-9H2,(H,27,29);1-6H,(H,19,20)/t17-;/m0./s1. The smallest absolute Gasteiger partial charge is 0.337 e. The molecule has 0 fully saturated rings. The lowest BCUT2D eigenvalue weighted by atomic mass is 10.0. The molecule has 15 heteroatoms.